The van der Waals surface area contributed by atoms with Gasteiger partial charge in [-0.3, -0.25) is 0 Å². The number of alkyl halides is 3. The van der Waals surface area contributed by atoms with E-state index in [2.05, 4.69) is 0 Å². The highest BCUT2D eigenvalue weighted by Gasteiger charge is 2.34. The van der Waals surface area contributed by atoms with Crippen molar-refractivity contribution < 1.29 is 13.2 Å². The summed E-state index contributed by atoms with van der Waals surface area (Å²) in [5.74, 6) is 0.346. The van der Waals surface area contributed by atoms with Crippen molar-refractivity contribution in [3.05, 3.63) is 35.5 Å². The second-order valence-corrected chi connectivity index (χ2v) is 4.79. The minimum absolute atomic E-state index is 0.301. The van der Waals surface area contributed by atoms with E-state index in [4.69, 9.17) is 5.73 Å². The molecule has 0 spiro atoms. The third kappa shape index (κ3) is 1.61. The molecule has 0 bridgehead atoms. The Morgan fingerprint density at radius 1 is 1.33 bits per heavy atom. The van der Waals surface area contributed by atoms with E-state index in [1.165, 1.54) is 6.07 Å². The standard InChI is InChI=1S/C13H13F3N2/c14-13(15,16)11-2-1-3-12-10(11)5-9-4-8(6-17)7-18(9)12/h1-3,5,8H,4,6-7,17H2. The van der Waals surface area contributed by atoms with Gasteiger partial charge in [0, 0.05) is 23.1 Å². The second kappa shape index (κ2) is 3.75. The van der Waals surface area contributed by atoms with E-state index < -0.39 is 11.7 Å². The van der Waals surface area contributed by atoms with Crippen LogP contribution < -0.4 is 5.73 Å². The number of fused-ring (bicyclic) bond motifs is 3. The molecule has 96 valence electrons. The number of nitrogens with zero attached hydrogens (tertiary/aromatic N) is 1. The van der Waals surface area contributed by atoms with Crippen LogP contribution in [0, 0.1) is 5.92 Å². The lowest BCUT2D eigenvalue weighted by Gasteiger charge is -2.10. The van der Waals surface area contributed by atoms with Crippen molar-refractivity contribution in [1.82, 2.24) is 4.57 Å². The molecule has 0 radical (unpaired) electrons. The Bertz CT molecular complexity index is 598. The lowest BCUT2D eigenvalue weighted by Crippen LogP contribution is -2.15. The molecule has 1 unspecified atom stereocenters. The molecule has 0 fully saturated rings. The van der Waals surface area contributed by atoms with Crippen LogP contribution in [0.1, 0.15) is 11.3 Å². The highest BCUT2D eigenvalue weighted by molar-refractivity contribution is 5.85. The molecule has 2 N–H and O–H groups in total. The number of nitrogens with two attached hydrogens (primary N) is 1. The Hall–Kier alpha value is -1.49. The molecule has 5 heteroatoms. The molecule has 0 saturated carbocycles. The SMILES string of the molecule is NCC1Cc2cc3c(C(F)(F)F)cccc3n2C1. The summed E-state index contributed by atoms with van der Waals surface area (Å²) in [5, 5.41) is 0.301. The molecule has 1 aromatic carbocycles. The van der Waals surface area contributed by atoms with Gasteiger partial charge in [-0.25, -0.2) is 0 Å². The fourth-order valence-corrected chi connectivity index (χ4v) is 2.75. The number of aromatic nitrogens is 1. The summed E-state index contributed by atoms with van der Waals surface area (Å²) in [6.07, 6.45) is -3.53. The van der Waals surface area contributed by atoms with Crippen molar-refractivity contribution in [1.29, 1.82) is 0 Å². The number of benzene rings is 1. The number of hydrogen-bond acceptors (Lipinski definition) is 1. The zero-order valence-corrected chi connectivity index (χ0v) is 9.67. The maximum atomic E-state index is 12.9. The Morgan fingerprint density at radius 2 is 2.11 bits per heavy atom. The molecule has 2 aromatic rings. The lowest BCUT2D eigenvalue weighted by atomic mass is 10.0. The van der Waals surface area contributed by atoms with Crippen molar-refractivity contribution in [2.24, 2.45) is 11.7 Å². The van der Waals surface area contributed by atoms with Crippen LogP contribution in [-0.4, -0.2) is 11.1 Å². The summed E-state index contributed by atoms with van der Waals surface area (Å²) >= 11 is 0. The Labute approximate surface area is 102 Å². The molecule has 2 heterocycles. The largest absolute Gasteiger partial charge is 0.417 e. The first-order chi connectivity index (χ1) is 8.50. The third-order valence-electron chi connectivity index (χ3n) is 3.61. The average Bonchev–Trinajstić information content (AvgIpc) is 2.83. The summed E-state index contributed by atoms with van der Waals surface area (Å²) in [6, 6.07) is 6.01. The van der Waals surface area contributed by atoms with E-state index in [-0.39, 0.29) is 0 Å². The van der Waals surface area contributed by atoms with E-state index in [1.54, 1.807) is 12.1 Å². The fraction of sp³-hybridized carbons (Fsp3) is 0.385. The average molecular weight is 254 g/mol. The predicted octanol–water partition coefficient (Wildman–Crippen LogP) is 2.79. The van der Waals surface area contributed by atoms with Crippen molar-refractivity contribution in [3.63, 3.8) is 0 Å². The normalized spacial score (nSPS) is 19.4. The van der Waals surface area contributed by atoms with Gasteiger partial charge in [-0.2, -0.15) is 13.2 Å². The fourth-order valence-electron chi connectivity index (χ4n) is 2.75. The van der Waals surface area contributed by atoms with Crippen LogP contribution in [0.4, 0.5) is 13.2 Å². The summed E-state index contributed by atoms with van der Waals surface area (Å²) in [5.41, 5.74) is 6.69. The van der Waals surface area contributed by atoms with E-state index >= 15 is 0 Å². The molecular formula is C13H13F3N2. The first-order valence-corrected chi connectivity index (χ1v) is 5.89. The minimum Gasteiger partial charge on any atom is -0.344 e. The second-order valence-electron chi connectivity index (χ2n) is 4.79. The molecule has 0 aliphatic carbocycles. The number of rotatable bonds is 1. The summed E-state index contributed by atoms with van der Waals surface area (Å²) < 4.78 is 40.6. The molecule has 1 atom stereocenters. The van der Waals surface area contributed by atoms with Gasteiger partial charge in [-0.15, -0.1) is 0 Å². The maximum absolute atomic E-state index is 12.9. The van der Waals surface area contributed by atoms with Crippen LogP contribution in [0.2, 0.25) is 0 Å². The topological polar surface area (TPSA) is 30.9 Å². The molecule has 0 saturated heterocycles. The van der Waals surface area contributed by atoms with Gasteiger partial charge in [-0.1, -0.05) is 6.07 Å². The van der Waals surface area contributed by atoms with E-state index in [0.29, 0.717) is 23.4 Å². The van der Waals surface area contributed by atoms with E-state index in [9.17, 15) is 13.2 Å². The highest BCUT2D eigenvalue weighted by atomic mass is 19.4. The Kier molecular flexibility index (Phi) is 2.41. The van der Waals surface area contributed by atoms with Crippen molar-refractivity contribution in [3.8, 4) is 0 Å². The van der Waals surface area contributed by atoms with Crippen LogP contribution in [0.3, 0.4) is 0 Å². The molecule has 18 heavy (non-hydrogen) atoms. The van der Waals surface area contributed by atoms with Crippen LogP contribution >= 0.6 is 0 Å². The maximum Gasteiger partial charge on any atom is 0.417 e. The van der Waals surface area contributed by atoms with E-state index in [1.807, 2.05) is 4.57 Å². The van der Waals surface area contributed by atoms with Gasteiger partial charge in [-0.05, 0) is 37.1 Å². The molecule has 1 aromatic heterocycles. The number of halogens is 3. The monoisotopic (exact) mass is 254 g/mol. The quantitative estimate of drug-likeness (QED) is 0.833. The predicted molar refractivity (Wildman–Crippen MR) is 63.2 cm³/mol. The van der Waals surface area contributed by atoms with Crippen molar-refractivity contribution >= 4 is 10.9 Å². The van der Waals surface area contributed by atoms with Crippen LogP contribution in [0.15, 0.2) is 24.3 Å². The van der Waals surface area contributed by atoms with Gasteiger partial charge in [0.1, 0.15) is 0 Å². The Morgan fingerprint density at radius 3 is 2.78 bits per heavy atom. The Balaban J connectivity index is 2.18. The molecular weight excluding hydrogens is 241 g/mol. The summed E-state index contributed by atoms with van der Waals surface area (Å²) in [6.45, 7) is 1.29. The van der Waals surface area contributed by atoms with Crippen molar-refractivity contribution in [2.45, 2.75) is 19.1 Å². The highest BCUT2D eigenvalue weighted by Crippen LogP contribution is 2.38. The molecule has 1 aliphatic heterocycles. The van der Waals surface area contributed by atoms with Crippen LogP contribution in [-0.2, 0) is 19.1 Å². The summed E-state index contributed by atoms with van der Waals surface area (Å²) in [7, 11) is 0. The van der Waals surface area contributed by atoms with Crippen LogP contribution in [0.5, 0.6) is 0 Å². The zero-order chi connectivity index (χ0) is 12.9. The van der Waals surface area contributed by atoms with E-state index in [0.717, 1.165) is 24.7 Å². The number of hydrogen-bond donors (Lipinski definition) is 1. The molecule has 1 aliphatic rings. The van der Waals surface area contributed by atoms with Gasteiger partial charge in [0.05, 0.1) is 5.56 Å². The van der Waals surface area contributed by atoms with Gasteiger partial charge in [0.2, 0.25) is 0 Å². The smallest absolute Gasteiger partial charge is 0.344 e. The lowest BCUT2D eigenvalue weighted by molar-refractivity contribution is -0.136. The van der Waals surface area contributed by atoms with Crippen LogP contribution in [0.25, 0.3) is 10.9 Å². The zero-order valence-electron chi connectivity index (χ0n) is 9.67. The molecule has 2 nitrogen and oxygen atoms in total. The van der Waals surface area contributed by atoms with Gasteiger partial charge in [0.25, 0.3) is 0 Å². The molecule has 3 rings (SSSR count). The van der Waals surface area contributed by atoms with Gasteiger partial charge in [0.15, 0.2) is 0 Å². The third-order valence-corrected chi connectivity index (χ3v) is 3.61. The summed E-state index contributed by atoms with van der Waals surface area (Å²) in [4.78, 5) is 0. The van der Waals surface area contributed by atoms with Gasteiger partial charge >= 0.3 is 6.18 Å². The molecule has 0 amide bonds. The van der Waals surface area contributed by atoms with Crippen molar-refractivity contribution in [2.75, 3.05) is 6.54 Å². The first-order valence-electron chi connectivity index (χ1n) is 5.89. The van der Waals surface area contributed by atoms with Gasteiger partial charge < -0.3 is 10.3 Å². The first kappa shape index (κ1) is 11.6. The minimum atomic E-state index is -4.30.